The lowest BCUT2D eigenvalue weighted by Gasteiger charge is -2.60. The molecule has 2 bridgehead atoms. The summed E-state index contributed by atoms with van der Waals surface area (Å²) in [6.45, 7) is 9.79. The molecule has 242 valence electrons. The molecule has 0 radical (unpaired) electrons. The van der Waals surface area contributed by atoms with Crippen LogP contribution < -0.4 is 0 Å². The van der Waals surface area contributed by atoms with E-state index in [2.05, 4.69) is 0 Å². The Morgan fingerprint density at radius 1 is 0.978 bits per heavy atom. The molecule has 1 spiro atoms. The third-order valence-corrected chi connectivity index (χ3v) is 10.3. The molecule has 1 aliphatic heterocycles. The van der Waals surface area contributed by atoms with Gasteiger partial charge in [-0.05, 0) is 48.0 Å². The van der Waals surface area contributed by atoms with Gasteiger partial charge in [-0.25, -0.2) is 9.59 Å². The Balaban J connectivity index is 1.66. The van der Waals surface area contributed by atoms with Gasteiger partial charge in [-0.2, -0.15) is 0 Å². The Labute approximate surface area is 261 Å². The minimum atomic E-state index is -1.59. The first kappa shape index (κ1) is 32.4. The number of fused-ring (bicyclic) bond motifs is 4. The van der Waals surface area contributed by atoms with Gasteiger partial charge in [-0.1, -0.05) is 51.1 Å². The van der Waals surface area contributed by atoms with Crippen molar-refractivity contribution in [2.45, 2.75) is 90.8 Å². The number of carbonyl (C=O) groups is 5. The number of benzene rings is 1. The van der Waals surface area contributed by atoms with Crippen LogP contribution in [0.25, 0.3) is 6.08 Å². The Hall–Kier alpha value is -3.99. The van der Waals surface area contributed by atoms with E-state index in [-0.39, 0.29) is 31.7 Å². The standard InChI is InChI=1S/C34H40O11/c1-18-23(37)16-22-27(42-19(2)35)29-33(6,30(43-20(3)36)28(45-31(39)40)26(18)32(22,4)5)15-14-24(34(29)17-41-34)44-25(38)13-12-21-10-8-7-9-11-21/h7-13,22,24,27-30H,14-17H2,1-6H3,(H,39,40)/t22-,24-,27+,28+,29-,30-,33-,34-/m0/s1. The van der Waals surface area contributed by atoms with Gasteiger partial charge in [0.2, 0.25) is 0 Å². The van der Waals surface area contributed by atoms with Gasteiger partial charge < -0.3 is 28.8 Å². The second-order valence-corrected chi connectivity index (χ2v) is 13.3. The molecule has 2 saturated carbocycles. The first-order chi connectivity index (χ1) is 21.1. The topological polar surface area (TPSA) is 155 Å². The van der Waals surface area contributed by atoms with Gasteiger partial charge in [0.05, 0.1) is 6.61 Å². The summed E-state index contributed by atoms with van der Waals surface area (Å²) in [5.74, 6) is -3.50. The Morgan fingerprint density at radius 3 is 2.20 bits per heavy atom. The van der Waals surface area contributed by atoms with Gasteiger partial charge in [0.1, 0.15) is 23.9 Å². The quantitative estimate of drug-likeness (QED) is 0.203. The third kappa shape index (κ3) is 5.78. The number of hydrogen-bond donors (Lipinski definition) is 1. The molecule has 3 aliphatic carbocycles. The van der Waals surface area contributed by atoms with Crippen LogP contribution in [0.5, 0.6) is 0 Å². The minimum absolute atomic E-state index is 0.0191. The molecule has 0 aromatic heterocycles. The zero-order valence-corrected chi connectivity index (χ0v) is 26.4. The molecule has 3 fully saturated rings. The van der Waals surface area contributed by atoms with Crippen LogP contribution in [0.1, 0.15) is 66.4 Å². The van der Waals surface area contributed by atoms with Crippen molar-refractivity contribution in [2.75, 3.05) is 6.61 Å². The maximum absolute atomic E-state index is 13.6. The highest BCUT2D eigenvalue weighted by atomic mass is 16.7. The van der Waals surface area contributed by atoms with Crippen LogP contribution in [-0.4, -0.2) is 71.6 Å². The fourth-order valence-corrected chi connectivity index (χ4v) is 8.31. The normalized spacial score (nSPS) is 35.1. The summed E-state index contributed by atoms with van der Waals surface area (Å²) in [6, 6.07) is 9.27. The Morgan fingerprint density at radius 2 is 1.62 bits per heavy atom. The molecule has 1 aromatic carbocycles. The van der Waals surface area contributed by atoms with Crippen LogP contribution in [0.3, 0.4) is 0 Å². The van der Waals surface area contributed by atoms with Crippen molar-refractivity contribution < 1.29 is 52.8 Å². The maximum Gasteiger partial charge on any atom is 0.506 e. The van der Waals surface area contributed by atoms with Crippen LogP contribution in [-0.2, 0) is 42.9 Å². The third-order valence-electron chi connectivity index (χ3n) is 10.3. The zero-order valence-electron chi connectivity index (χ0n) is 26.4. The van der Waals surface area contributed by atoms with Gasteiger partial charge in [-0.15, -0.1) is 0 Å². The summed E-state index contributed by atoms with van der Waals surface area (Å²) in [6.07, 6.45) is -2.30. The number of carboxylic acid groups (broad SMARTS) is 1. The van der Waals surface area contributed by atoms with E-state index in [4.69, 9.17) is 23.7 Å². The van der Waals surface area contributed by atoms with Gasteiger partial charge in [-0.3, -0.25) is 14.4 Å². The zero-order chi connectivity index (χ0) is 32.9. The first-order valence-electron chi connectivity index (χ1n) is 15.2. The van der Waals surface area contributed by atoms with Gasteiger partial charge in [0.15, 0.2) is 11.9 Å². The van der Waals surface area contributed by atoms with Crippen LogP contribution >= 0.6 is 0 Å². The second kappa shape index (κ2) is 11.7. The largest absolute Gasteiger partial charge is 0.506 e. The molecule has 1 heterocycles. The highest BCUT2D eigenvalue weighted by Crippen LogP contribution is 2.65. The van der Waals surface area contributed by atoms with Crippen molar-refractivity contribution in [2.24, 2.45) is 22.7 Å². The number of epoxide rings is 1. The van der Waals surface area contributed by atoms with Crippen LogP contribution in [0, 0.1) is 22.7 Å². The number of esters is 3. The van der Waals surface area contributed by atoms with Crippen LogP contribution in [0.15, 0.2) is 47.6 Å². The number of rotatable bonds is 6. The SMILES string of the molecule is CC(=O)O[C@@H]1[C@@H]2CC(=O)C(C)=C([C@@H](OC(=O)O)[C@H](OC(C)=O)[C@@]3(C)CC[C@H](OC(=O)C=Cc4ccccc4)[C@@]4(CO4)[C@@H]13)C2(C)C. The number of ketones is 1. The molecule has 4 aliphatic rings. The summed E-state index contributed by atoms with van der Waals surface area (Å²) in [5.41, 5.74) is -1.69. The van der Waals surface area contributed by atoms with Crippen molar-refractivity contribution >= 4 is 35.9 Å². The summed E-state index contributed by atoms with van der Waals surface area (Å²) in [5, 5.41) is 9.91. The molecule has 11 heteroatoms. The van der Waals surface area contributed by atoms with Crippen molar-refractivity contribution in [3.63, 3.8) is 0 Å². The van der Waals surface area contributed by atoms with Crippen LogP contribution in [0.2, 0.25) is 0 Å². The number of allylic oxidation sites excluding steroid dienone is 1. The molecule has 0 unspecified atom stereocenters. The second-order valence-electron chi connectivity index (χ2n) is 13.3. The predicted molar refractivity (Wildman–Crippen MR) is 158 cm³/mol. The van der Waals surface area contributed by atoms with Crippen molar-refractivity contribution in [3.05, 3.63) is 53.1 Å². The van der Waals surface area contributed by atoms with E-state index in [9.17, 15) is 29.1 Å². The van der Waals surface area contributed by atoms with E-state index in [1.807, 2.05) is 51.1 Å². The molecule has 0 amide bonds. The maximum atomic E-state index is 13.6. The Bertz CT molecular complexity index is 1450. The first-order valence-corrected chi connectivity index (χ1v) is 15.2. The lowest BCUT2D eigenvalue weighted by molar-refractivity contribution is -0.223. The fraction of sp³-hybridized carbons (Fsp3) is 0.559. The average Bonchev–Trinajstić information content (AvgIpc) is 3.73. The highest BCUT2D eigenvalue weighted by Gasteiger charge is 2.74. The van der Waals surface area contributed by atoms with E-state index in [0.29, 0.717) is 11.1 Å². The summed E-state index contributed by atoms with van der Waals surface area (Å²) in [4.78, 5) is 64.3. The molecule has 1 saturated heterocycles. The molecule has 1 aromatic rings. The summed E-state index contributed by atoms with van der Waals surface area (Å²) < 4.78 is 29.9. The smallest absolute Gasteiger partial charge is 0.462 e. The average molecular weight is 625 g/mol. The molecule has 1 N–H and O–H groups in total. The predicted octanol–water partition coefficient (Wildman–Crippen LogP) is 4.67. The number of Topliss-reactive ketones (excluding diaryl/α,β-unsaturated/α-hetero) is 1. The lowest BCUT2D eigenvalue weighted by atomic mass is 9.48. The summed E-state index contributed by atoms with van der Waals surface area (Å²) >= 11 is 0. The van der Waals surface area contributed by atoms with Gasteiger partial charge >= 0.3 is 24.1 Å². The molecule has 45 heavy (non-hydrogen) atoms. The summed E-state index contributed by atoms with van der Waals surface area (Å²) in [7, 11) is 0. The number of ether oxygens (including phenoxy) is 5. The minimum Gasteiger partial charge on any atom is -0.462 e. The molecule has 8 atom stereocenters. The lowest BCUT2D eigenvalue weighted by Crippen LogP contribution is -2.68. The van der Waals surface area contributed by atoms with E-state index < -0.39 is 76.7 Å². The number of carbonyl (C=O) groups excluding carboxylic acids is 4. The monoisotopic (exact) mass is 624 g/mol. The molecule has 5 rings (SSSR count). The molecule has 11 nitrogen and oxygen atoms in total. The van der Waals surface area contributed by atoms with E-state index in [1.165, 1.54) is 19.9 Å². The highest BCUT2D eigenvalue weighted by molar-refractivity contribution is 5.97. The number of hydrogen-bond acceptors (Lipinski definition) is 10. The van der Waals surface area contributed by atoms with Gasteiger partial charge in [0.25, 0.3) is 0 Å². The van der Waals surface area contributed by atoms with Crippen LogP contribution in [0.4, 0.5) is 4.79 Å². The van der Waals surface area contributed by atoms with Crippen molar-refractivity contribution in [1.29, 1.82) is 0 Å². The molecular weight excluding hydrogens is 584 g/mol. The Kier molecular flexibility index (Phi) is 8.46. The van der Waals surface area contributed by atoms with Crippen molar-refractivity contribution in [1.82, 2.24) is 0 Å². The fourth-order valence-electron chi connectivity index (χ4n) is 8.31. The van der Waals surface area contributed by atoms with E-state index in [0.717, 1.165) is 5.56 Å². The van der Waals surface area contributed by atoms with E-state index >= 15 is 0 Å². The van der Waals surface area contributed by atoms with Gasteiger partial charge in [0, 0.05) is 43.6 Å². The van der Waals surface area contributed by atoms with E-state index in [1.54, 1.807) is 13.0 Å². The molecular formula is C34H40O11. The van der Waals surface area contributed by atoms with Crippen molar-refractivity contribution in [3.8, 4) is 0 Å².